The third kappa shape index (κ3) is 4.12. The van der Waals surface area contributed by atoms with Crippen LogP contribution < -0.4 is 5.32 Å². The van der Waals surface area contributed by atoms with Crippen molar-refractivity contribution in [3.63, 3.8) is 0 Å². The number of carbonyl (C=O) groups is 2. The molecule has 0 radical (unpaired) electrons. The van der Waals surface area contributed by atoms with Crippen LogP contribution in [0.4, 0.5) is 0 Å². The zero-order valence-electron chi connectivity index (χ0n) is 8.44. The topological polar surface area (TPSA) is 66.4 Å². The molecular weight excluding hydrogens is 250 g/mol. The average molecular weight is 260 g/mol. The highest BCUT2D eigenvalue weighted by molar-refractivity contribution is 8.00. The van der Waals surface area contributed by atoms with E-state index in [2.05, 4.69) is 5.32 Å². The molecule has 86 valence electrons. The van der Waals surface area contributed by atoms with Crippen LogP contribution in [0.1, 0.15) is 6.92 Å². The molecule has 0 saturated carbocycles. The fourth-order valence-corrected chi connectivity index (χ4v) is 1.99. The van der Waals surface area contributed by atoms with Crippen LogP contribution in [-0.2, 0) is 9.59 Å². The van der Waals surface area contributed by atoms with Gasteiger partial charge in [0.05, 0.1) is 0 Å². The molecule has 1 aromatic rings. The smallest absolute Gasteiger partial charge is 0.337 e. The van der Waals surface area contributed by atoms with Gasteiger partial charge in [-0.1, -0.05) is 23.4 Å². The summed E-state index contributed by atoms with van der Waals surface area (Å²) >= 11 is 6.74. The highest BCUT2D eigenvalue weighted by Gasteiger charge is 2.19. The van der Waals surface area contributed by atoms with Crippen LogP contribution in [0.25, 0.3) is 0 Å². The summed E-state index contributed by atoms with van der Waals surface area (Å²) in [4.78, 5) is 22.4. The van der Waals surface area contributed by atoms with Gasteiger partial charge >= 0.3 is 5.97 Å². The molecule has 6 heteroatoms. The fraction of sp³-hybridized carbons (Fsp3) is 0.200. The first-order valence-corrected chi connectivity index (χ1v) is 5.67. The zero-order valence-corrected chi connectivity index (χ0v) is 10.0. The number of amides is 1. The summed E-state index contributed by atoms with van der Waals surface area (Å²) in [5.74, 6) is -1.47. The highest BCUT2D eigenvalue weighted by Crippen LogP contribution is 2.23. The molecule has 0 aliphatic carbocycles. The first-order valence-electron chi connectivity index (χ1n) is 4.41. The molecule has 1 amide bonds. The largest absolute Gasteiger partial charge is 0.479 e. The normalized spacial score (nSPS) is 11.9. The maximum atomic E-state index is 10.8. The second kappa shape index (κ2) is 5.77. The maximum Gasteiger partial charge on any atom is 0.337 e. The first kappa shape index (κ1) is 12.9. The SMILES string of the molecule is CC(=O)NC(Sc1ccc(Cl)cc1)C(=O)O. The molecule has 2 N–H and O–H groups in total. The molecule has 0 saturated heterocycles. The molecule has 0 heterocycles. The molecule has 0 bridgehead atoms. The molecule has 1 rings (SSSR count). The number of thioether (sulfide) groups is 1. The van der Waals surface area contributed by atoms with Crippen LogP contribution in [0.15, 0.2) is 29.2 Å². The van der Waals surface area contributed by atoms with Crippen molar-refractivity contribution in [3.8, 4) is 0 Å². The van der Waals surface area contributed by atoms with Crippen molar-refractivity contribution in [2.24, 2.45) is 0 Å². The van der Waals surface area contributed by atoms with Crippen molar-refractivity contribution in [3.05, 3.63) is 29.3 Å². The summed E-state index contributed by atoms with van der Waals surface area (Å²) in [6.07, 6.45) is 0. The van der Waals surface area contributed by atoms with E-state index in [1.54, 1.807) is 24.3 Å². The Labute approximate surface area is 102 Å². The summed E-state index contributed by atoms with van der Waals surface area (Å²) in [7, 11) is 0. The number of nitrogens with one attached hydrogen (secondary N) is 1. The third-order valence-corrected chi connectivity index (χ3v) is 2.98. The van der Waals surface area contributed by atoms with E-state index in [1.165, 1.54) is 6.92 Å². The summed E-state index contributed by atoms with van der Waals surface area (Å²) in [5.41, 5.74) is 0. The van der Waals surface area contributed by atoms with E-state index in [0.717, 1.165) is 16.7 Å². The molecular formula is C10H10ClNO3S. The van der Waals surface area contributed by atoms with Crippen molar-refractivity contribution in [2.75, 3.05) is 0 Å². The molecule has 0 aliphatic rings. The quantitative estimate of drug-likeness (QED) is 0.641. The molecule has 0 aromatic heterocycles. The predicted octanol–water partition coefficient (Wildman–Crippen LogP) is 1.98. The summed E-state index contributed by atoms with van der Waals surface area (Å²) in [5, 5.41) is 10.8. The van der Waals surface area contributed by atoms with Gasteiger partial charge in [-0.3, -0.25) is 4.79 Å². The number of rotatable bonds is 4. The standard InChI is InChI=1S/C10H10ClNO3S/c1-6(13)12-9(10(14)15)16-8-4-2-7(11)3-5-8/h2-5,9H,1H3,(H,12,13)(H,14,15). The highest BCUT2D eigenvalue weighted by atomic mass is 35.5. The third-order valence-electron chi connectivity index (χ3n) is 1.63. The Morgan fingerprint density at radius 3 is 2.38 bits per heavy atom. The molecule has 1 aromatic carbocycles. The molecule has 1 unspecified atom stereocenters. The van der Waals surface area contributed by atoms with Gasteiger partial charge in [-0.05, 0) is 24.3 Å². The second-order valence-corrected chi connectivity index (χ2v) is 4.61. The number of halogens is 1. The molecule has 4 nitrogen and oxygen atoms in total. The van der Waals surface area contributed by atoms with Gasteiger partial charge in [0.25, 0.3) is 0 Å². The van der Waals surface area contributed by atoms with Crippen molar-refractivity contribution in [1.29, 1.82) is 0 Å². The van der Waals surface area contributed by atoms with Crippen LogP contribution in [-0.4, -0.2) is 22.4 Å². The van der Waals surface area contributed by atoms with Gasteiger partial charge in [-0.2, -0.15) is 0 Å². The second-order valence-electron chi connectivity index (χ2n) is 2.99. The number of carbonyl (C=O) groups excluding carboxylic acids is 1. The lowest BCUT2D eigenvalue weighted by Gasteiger charge is -2.12. The Balaban J connectivity index is 2.71. The maximum absolute atomic E-state index is 10.8. The van der Waals surface area contributed by atoms with E-state index in [4.69, 9.17) is 16.7 Å². The summed E-state index contributed by atoms with van der Waals surface area (Å²) in [6.45, 7) is 1.28. The summed E-state index contributed by atoms with van der Waals surface area (Å²) < 4.78 is 0. The van der Waals surface area contributed by atoms with Crippen LogP contribution in [0, 0.1) is 0 Å². The first-order chi connectivity index (χ1) is 7.49. The molecule has 16 heavy (non-hydrogen) atoms. The minimum Gasteiger partial charge on any atom is -0.479 e. The van der Waals surface area contributed by atoms with Crippen LogP contribution in [0.3, 0.4) is 0 Å². The van der Waals surface area contributed by atoms with E-state index in [0.29, 0.717) is 5.02 Å². The van der Waals surface area contributed by atoms with Gasteiger partial charge in [-0.15, -0.1) is 0 Å². The van der Waals surface area contributed by atoms with E-state index in [1.807, 2.05) is 0 Å². The minimum absolute atomic E-state index is 0.381. The van der Waals surface area contributed by atoms with Gasteiger partial charge in [0, 0.05) is 16.8 Å². The fourth-order valence-electron chi connectivity index (χ4n) is 0.975. The van der Waals surface area contributed by atoms with Gasteiger partial charge in [0.15, 0.2) is 5.37 Å². The van der Waals surface area contributed by atoms with Gasteiger partial charge < -0.3 is 10.4 Å². The Morgan fingerprint density at radius 2 is 1.94 bits per heavy atom. The lowest BCUT2D eigenvalue weighted by Crippen LogP contribution is -2.36. The van der Waals surface area contributed by atoms with E-state index in [-0.39, 0.29) is 5.91 Å². The van der Waals surface area contributed by atoms with Crippen LogP contribution in [0.2, 0.25) is 5.02 Å². The Hall–Kier alpha value is -1.20. The Kier molecular flexibility index (Phi) is 4.64. The minimum atomic E-state index is -1.09. The van der Waals surface area contributed by atoms with E-state index >= 15 is 0 Å². The van der Waals surface area contributed by atoms with Crippen molar-refractivity contribution in [2.45, 2.75) is 17.2 Å². The van der Waals surface area contributed by atoms with Crippen molar-refractivity contribution in [1.82, 2.24) is 5.32 Å². The van der Waals surface area contributed by atoms with Crippen LogP contribution in [0.5, 0.6) is 0 Å². The number of benzene rings is 1. The van der Waals surface area contributed by atoms with Crippen LogP contribution >= 0.6 is 23.4 Å². The van der Waals surface area contributed by atoms with Gasteiger partial charge in [-0.25, -0.2) is 4.79 Å². The average Bonchev–Trinajstić information content (AvgIpc) is 2.19. The molecule has 0 aliphatic heterocycles. The Bertz CT molecular complexity index is 394. The Morgan fingerprint density at radius 1 is 1.38 bits per heavy atom. The number of carboxylic acids is 1. The lowest BCUT2D eigenvalue weighted by molar-refractivity contribution is -0.138. The van der Waals surface area contributed by atoms with E-state index in [9.17, 15) is 9.59 Å². The number of carboxylic acid groups (broad SMARTS) is 1. The lowest BCUT2D eigenvalue weighted by atomic mass is 10.4. The molecule has 1 atom stereocenters. The monoisotopic (exact) mass is 259 g/mol. The van der Waals surface area contributed by atoms with E-state index < -0.39 is 11.3 Å². The number of hydrogen-bond acceptors (Lipinski definition) is 3. The van der Waals surface area contributed by atoms with Gasteiger partial charge in [0.1, 0.15) is 0 Å². The zero-order chi connectivity index (χ0) is 12.1. The van der Waals surface area contributed by atoms with Crippen molar-refractivity contribution >= 4 is 35.2 Å². The van der Waals surface area contributed by atoms with Gasteiger partial charge in [0.2, 0.25) is 5.91 Å². The van der Waals surface area contributed by atoms with Crippen molar-refractivity contribution < 1.29 is 14.7 Å². The number of hydrogen-bond donors (Lipinski definition) is 2. The predicted molar refractivity (Wildman–Crippen MR) is 62.5 cm³/mol. The molecule has 0 spiro atoms. The molecule has 0 fully saturated rings. The summed E-state index contributed by atoms with van der Waals surface area (Å²) in [6, 6.07) is 6.72. The number of aliphatic carboxylic acids is 1.